The van der Waals surface area contributed by atoms with Crippen LogP contribution in [-0.2, 0) is 9.53 Å². The molecule has 0 spiro atoms. The van der Waals surface area contributed by atoms with Gasteiger partial charge in [0.25, 0.3) is 0 Å². The number of hydrogen-bond donors (Lipinski definition) is 0. The summed E-state index contributed by atoms with van der Waals surface area (Å²) in [5.41, 5.74) is 0. The van der Waals surface area contributed by atoms with Gasteiger partial charge in [-0.2, -0.15) is 0 Å². The molecule has 2 rings (SSSR count). The lowest BCUT2D eigenvalue weighted by atomic mass is 9.93. The molecule has 0 bridgehead atoms. The molecule has 0 unspecified atom stereocenters. The Hall–Kier alpha value is -1.05. The zero-order valence-electron chi connectivity index (χ0n) is 13.4. The summed E-state index contributed by atoms with van der Waals surface area (Å²) in [7, 11) is 0. The normalized spacial score (nSPS) is 25.0. The van der Waals surface area contributed by atoms with E-state index < -0.39 is 0 Å². The maximum Gasteiger partial charge on any atom is 0.226 e. The maximum absolute atomic E-state index is 12.8. The van der Waals surface area contributed by atoms with Gasteiger partial charge in [0.05, 0.1) is 25.8 Å². The molecule has 2 aliphatic heterocycles. The van der Waals surface area contributed by atoms with Gasteiger partial charge in [0.2, 0.25) is 5.91 Å². The molecule has 0 aliphatic carbocycles. The van der Waals surface area contributed by atoms with E-state index in [1.807, 2.05) is 0 Å². The Morgan fingerprint density at radius 1 is 1.33 bits per heavy atom. The van der Waals surface area contributed by atoms with Gasteiger partial charge in [-0.3, -0.25) is 9.69 Å². The Kier molecular flexibility index (Phi) is 6.08. The van der Waals surface area contributed by atoms with Crippen LogP contribution in [-0.4, -0.2) is 61.1 Å². The number of ether oxygens (including phenoxy) is 1. The van der Waals surface area contributed by atoms with E-state index in [2.05, 4.69) is 29.6 Å². The van der Waals surface area contributed by atoms with E-state index >= 15 is 0 Å². The zero-order chi connectivity index (χ0) is 15.2. The third-order valence-corrected chi connectivity index (χ3v) is 4.51. The van der Waals surface area contributed by atoms with Gasteiger partial charge in [-0.25, -0.2) is 0 Å². The van der Waals surface area contributed by atoms with E-state index in [0.717, 1.165) is 38.9 Å². The zero-order valence-corrected chi connectivity index (χ0v) is 13.4. The SMILES string of the molecule is C#CCN1CCC(C(=O)N2CCOC[C@H]2CC(C)C)CC1. The first-order valence-electron chi connectivity index (χ1n) is 8.16. The van der Waals surface area contributed by atoms with Crippen molar-refractivity contribution in [1.29, 1.82) is 0 Å². The van der Waals surface area contributed by atoms with Crippen LogP contribution >= 0.6 is 0 Å². The largest absolute Gasteiger partial charge is 0.377 e. The molecular weight excluding hydrogens is 264 g/mol. The van der Waals surface area contributed by atoms with E-state index in [9.17, 15) is 4.79 Å². The molecule has 118 valence electrons. The first-order chi connectivity index (χ1) is 10.1. The van der Waals surface area contributed by atoms with Crippen LogP contribution in [0.5, 0.6) is 0 Å². The lowest BCUT2D eigenvalue weighted by molar-refractivity contribution is -0.146. The fourth-order valence-corrected chi connectivity index (χ4v) is 3.39. The Bertz CT molecular complexity index is 381. The predicted molar refractivity (Wildman–Crippen MR) is 83.8 cm³/mol. The number of rotatable bonds is 4. The molecule has 1 atom stereocenters. The summed E-state index contributed by atoms with van der Waals surface area (Å²) in [5.74, 6) is 3.79. The second kappa shape index (κ2) is 7.82. The predicted octanol–water partition coefficient (Wildman–Crippen LogP) is 1.61. The summed E-state index contributed by atoms with van der Waals surface area (Å²) in [6.45, 7) is 9.12. The van der Waals surface area contributed by atoms with E-state index in [-0.39, 0.29) is 12.0 Å². The first-order valence-corrected chi connectivity index (χ1v) is 8.16. The van der Waals surface area contributed by atoms with Crippen molar-refractivity contribution in [3.63, 3.8) is 0 Å². The van der Waals surface area contributed by atoms with Gasteiger partial charge in [-0.1, -0.05) is 19.8 Å². The van der Waals surface area contributed by atoms with Crippen molar-refractivity contribution in [2.24, 2.45) is 11.8 Å². The Balaban J connectivity index is 1.90. The van der Waals surface area contributed by atoms with Gasteiger partial charge < -0.3 is 9.64 Å². The molecule has 0 N–H and O–H groups in total. The number of terminal acetylenes is 1. The smallest absolute Gasteiger partial charge is 0.226 e. The third kappa shape index (κ3) is 4.46. The highest BCUT2D eigenvalue weighted by atomic mass is 16.5. The van der Waals surface area contributed by atoms with Crippen LogP contribution in [0.15, 0.2) is 0 Å². The summed E-state index contributed by atoms with van der Waals surface area (Å²) in [6.07, 6.45) is 8.26. The summed E-state index contributed by atoms with van der Waals surface area (Å²) < 4.78 is 5.58. The van der Waals surface area contributed by atoms with Crippen molar-refractivity contribution >= 4 is 5.91 Å². The number of nitrogens with zero attached hydrogens (tertiary/aromatic N) is 2. The van der Waals surface area contributed by atoms with Crippen LogP contribution in [0.3, 0.4) is 0 Å². The molecule has 2 aliphatic rings. The molecule has 0 aromatic carbocycles. The van der Waals surface area contributed by atoms with Crippen molar-refractivity contribution in [3.05, 3.63) is 0 Å². The quantitative estimate of drug-likeness (QED) is 0.738. The summed E-state index contributed by atoms with van der Waals surface area (Å²) in [5, 5.41) is 0. The number of carbonyl (C=O) groups is 1. The summed E-state index contributed by atoms with van der Waals surface area (Å²) >= 11 is 0. The van der Waals surface area contributed by atoms with Gasteiger partial charge in [-0.05, 0) is 38.3 Å². The molecule has 0 aromatic heterocycles. The van der Waals surface area contributed by atoms with Crippen molar-refractivity contribution in [1.82, 2.24) is 9.80 Å². The minimum atomic E-state index is 0.173. The number of hydrogen-bond acceptors (Lipinski definition) is 3. The number of carbonyl (C=O) groups excluding carboxylic acids is 1. The third-order valence-electron chi connectivity index (χ3n) is 4.51. The van der Waals surface area contributed by atoms with Crippen LogP contribution in [0.1, 0.15) is 33.1 Å². The van der Waals surface area contributed by atoms with E-state index in [1.54, 1.807) is 0 Å². The number of likely N-dealkylation sites (tertiary alicyclic amines) is 1. The fourth-order valence-electron chi connectivity index (χ4n) is 3.39. The van der Waals surface area contributed by atoms with Gasteiger partial charge in [0.15, 0.2) is 0 Å². The molecule has 4 heteroatoms. The van der Waals surface area contributed by atoms with Gasteiger partial charge in [-0.15, -0.1) is 6.42 Å². The monoisotopic (exact) mass is 292 g/mol. The number of piperidine rings is 1. The van der Waals surface area contributed by atoms with Crippen LogP contribution in [0.4, 0.5) is 0 Å². The average molecular weight is 292 g/mol. The van der Waals surface area contributed by atoms with E-state index in [1.165, 1.54) is 0 Å². The molecule has 2 fully saturated rings. The molecule has 21 heavy (non-hydrogen) atoms. The Labute approximate surface area is 128 Å². The van der Waals surface area contributed by atoms with E-state index in [4.69, 9.17) is 11.2 Å². The fraction of sp³-hybridized carbons (Fsp3) is 0.824. The van der Waals surface area contributed by atoms with E-state index in [0.29, 0.717) is 31.6 Å². The molecule has 0 radical (unpaired) electrons. The second-order valence-electron chi connectivity index (χ2n) is 6.64. The Morgan fingerprint density at radius 3 is 2.67 bits per heavy atom. The molecule has 0 saturated carbocycles. The Morgan fingerprint density at radius 2 is 2.05 bits per heavy atom. The first kappa shape index (κ1) is 16.3. The van der Waals surface area contributed by atoms with Crippen LogP contribution in [0, 0.1) is 24.2 Å². The number of morpholine rings is 1. The average Bonchev–Trinajstić information content (AvgIpc) is 2.48. The van der Waals surface area contributed by atoms with Gasteiger partial charge >= 0.3 is 0 Å². The van der Waals surface area contributed by atoms with Crippen molar-refractivity contribution in [2.75, 3.05) is 39.4 Å². The molecule has 0 aromatic rings. The molecule has 2 saturated heterocycles. The lowest BCUT2D eigenvalue weighted by Gasteiger charge is -2.40. The second-order valence-corrected chi connectivity index (χ2v) is 6.64. The highest BCUT2D eigenvalue weighted by molar-refractivity contribution is 5.79. The van der Waals surface area contributed by atoms with Crippen molar-refractivity contribution in [3.8, 4) is 12.3 Å². The number of amides is 1. The van der Waals surface area contributed by atoms with Crippen LogP contribution in [0.2, 0.25) is 0 Å². The minimum Gasteiger partial charge on any atom is -0.377 e. The summed E-state index contributed by atoms with van der Waals surface area (Å²) in [4.78, 5) is 17.2. The minimum absolute atomic E-state index is 0.173. The molecule has 4 nitrogen and oxygen atoms in total. The van der Waals surface area contributed by atoms with Crippen LogP contribution < -0.4 is 0 Å². The highest BCUT2D eigenvalue weighted by Crippen LogP contribution is 2.24. The maximum atomic E-state index is 12.8. The van der Waals surface area contributed by atoms with Crippen molar-refractivity contribution < 1.29 is 9.53 Å². The summed E-state index contributed by atoms with van der Waals surface area (Å²) in [6, 6.07) is 0.259. The lowest BCUT2D eigenvalue weighted by Crippen LogP contribution is -2.52. The van der Waals surface area contributed by atoms with Gasteiger partial charge in [0, 0.05) is 12.5 Å². The standard InChI is InChI=1S/C17H28N2O2/c1-4-7-18-8-5-15(6-9-18)17(20)19-10-11-21-13-16(19)12-14(2)3/h1,14-16H,5-13H2,2-3H3/t16-/m1/s1. The van der Waals surface area contributed by atoms with Crippen molar-refractivity contribution in [2.45, 2.75) is 39.2 Å². The molecular formula is C17H28N2O2. The molecule has 1 amide bonds. The van der Waals surface area contributed by atoms with Gasteiger partial charge in [0.1, 0.15) is 0 Å². The highest BCUT2D eigenvalue weighted by Gasteiger charge is 2.33. The topological polar surface area (TPSA) is 32.8 Å². The molecule has 2 heterocycles. The van der Waals surface area contributed by atoms with Crippen LogP contribution in [0.25, 0.3) is 0 Å².